The number of carbonyl (C=O) groups is 1. The average molecular weight is 237 g/mol. The Morgan fingerprint density at radius 1 is 1.50 bits per heavy atom. The maximum absolute atomic E-state index is 11.4. The van der Waals surface area contributed by atoms with Crippen LogP contribution in [0.2, 0.25) is 0 Å². The summed E-state index contributed by atoms with van der Waals surface area (Å²) in [5.74, 6) is -0.338. The first kappa shape index (κ1) is 13.5. The quantitative estimate of drug-likeness (QED) is 0.763. The summed E-state index contributed by atoms with van der Waals surface area (Å²) in [4.78, 5) is 10.5. The van der Waals surface area contributed by atoms with E-state index in [4.69, 9.17) is 10.5 Å². The molecule has 2 N–H and O–H groups in total. The van der Waals surface area contributed by atoms with Crippen molar-refractivity contribution < 1.29 is 9.53 Å². The van der Waals surface area contributed by atoms with E-state index in [-0.39, 0.29) is 29.3 Å². The lowest BCUT2D eigenvalue weighted by atomic mass is 10.4. The van der Waals surface area contributed by atoms with Gasteiger partial charge in [-0.15, -0.1) is 23.3 Å². The molecule has 0 aromatic carbocycles. The smallest absolute Gasteiger partial charge is 0.336 e. The second kappa shape index (κ2) is 5.44. The van der Waals surface area contributed by atoms with Crippen molar-refractivity contribution in [2.24, 2.45) is 5.73 Å². The molecule has 0 fully saturated rings. The Hall–Kier alpha value is -0.450. The van der Waals surface area contributed by atoms with Crippen molar-refractivity contribution in [2.75, 3.05) is 6.61 Å². The molecule has 0 aromatic heterocycles. The highest BCUT2D eigenvalue weighted by molar-refractivity contribution is 8.23. The van der Waals surface area contributed by atoms with Crippen molar-refractivity contribution in [3.63, 3.8) is 0 Å². The molecule has 14 heavy (non-hydrogen) atoms. The Morgan fingerprint density at radius 3 is 2.43 bits per heavy atom. The zero-order valence-electron chi connectivity index (χ0n) is 8.23. The Morgan fingerprint density at radius 2 is 2.00 bits per heavy atom. The molecule has 81 valence electrons. The van der Waals surface area contributed by atoms with Gasteiger partial charge in [0.25, 0.3) is 0 Å². The molecule has 1 radical (unpaired) electrons. The van der Waals surface area contributed by atoms with Crippen LogP contribution in [-0.4, -0.2) is 17.4 Å². The molecule has 0 saturated carbocycles. The summed E-state index contributed by atoms with van der Waals surface area (Å²) in [5, 5.41) is 3.86. The van der Waals surface area contributed by atoms with Gasteiger partial charge in [-0.2, -0.15) is 0 Å². The second-order valence-electron chi connectivity index (χ2n) is 2.86. The Kier molecular flexibility index (Phi) is 5.26. The zero-order valence-corrected chi connectivity index (χ0v) is 9.86. The fourth-order valence-corrected chi connectivity index (χ4v) is 2.39. The van der Waals surface area contributed by atoms with Crippen LogP contribution in [0.3, 0.4) is 0 Å². The molecular formula is C9H15ClNO2S. The van der Waals surface area contributed by atoms with Crippen LogP contribution in [0.25, 0.3) is 0 Å². The third-order valence-electron chi connectivity index (χ3n) is 1.73. The van der Waals surface area contributed by atoms with E-state index < -0.39 is 4.87 Å². The van der Waals surface area contributed by atoms with Crippen molar-refractivity contribution in [1.29, 1.82) is 0 Å². The molecule has 1 aliphatic rings. The van der Waals surface area contributed by atoms with E-state index in [9.17, 15) is 4.79 Å². The second-order valence-corrected chi connectivity index (χ2v) is 4.99. The third-order valence-corrected chi connectivity index (χ3v) is 3.78. The van der Waals surface area contributed by atoms with Crippen LogP contribution < -0.4 is 5.73 Å². The van der Waals surface area contributed by atoms with Gasteiger partial charge < -0.3 is 10.5 Å². The van der Waals surface area contributed by atoms with E-state index >= 15 is 0 Å². The van der Waals surface area contributed by atoms with E-state index in [1.54, 1.807) is 13.8 Å². The number of halogens is 1. The van der Waals surface area contributed by atoms with Gasteiger partial charge in [-0.1, -0.05) is 12.2 Å². The number of hydrogen-bond acceptors (Lipinski definition) is 3. The van der Waals surface area contributed by atoms with Crippen molar-refractivity contribution in [3.05, 3.63) is 23.0 Å². The number of carbonyl (C=O) groups excluding carboxylic acids is 1. The van der Waals surface area contributed by atoms with E-state index in [0.29, 0.717) is 6.61 Å². The van der Waals surface area contributed by atoms with Crippen LogP contribution in [0.5, 0.6) is 0 Å². The fourth-order valence-electron chi connectivity index (χ4n) is 0.959. The molecule has 1 rings (SSSR count). The van der Waals surface area contributed by atoms with Crippen molar-refractivity contribution in [1.82, 2.24) is 0 Å². The normalized spacial score (nSPS) is 18.8. The van der Waals surface area contributed by atoms with Gasteiger partial charge in [0.05, 0.1) is 6.61 Å². The maximum Gasteiger partial charge on any atom is 0.336 e. The van der Waals surface area contributed by atoms with Crippen LogP contribution in [-0.2, 0) is 9.53 Å². The van der Waals surface area contributed by atoms with Crippen LogP contribution in [0.15, 0.2) is 23.0 Å². The number of hydrogen-bond donors (Lipinski definition) is 1. The van der Waals surface area contributed by atoms with Gasteiger partial charge >= 0.3 is 5.97 Å². The monoisotopic (exact) mass is 236 g/mol. The number of ether oxygens (including phenoxy) is 1. The lowest BCUT2D eigenvalue weighted by Gasteiger charge is -2.27. The molecule has 0 amide bonds. The predicted molar refractivity (Wildman–Crippen MR) is 62.3 cm³/mol. The molecule has 0 spiro atoms. The van der Waals surface area contributed by atoms with Crippen LogP contribution in [0.4, 0.5) is 0 Å². The van der Waals surface area contributed by atoms with Crippen molar-refractivity contribution in [3.8, 4) is 0 Å². The minimum absolute atomic E-state index is 0. The zero-order chi connectivity index (χ0) is 9.90. The molecule has 1 atom stereocenters. The standard InChI is InChI=1S/C9H14NO2S.ClH/c1-3-12-8(11)9(2,10)13-6-4-5-7-13;/h4-7H,3,10H2,1-2H3;1H/t9-;/m0./s1. The average Bonchev–Trinajstić information content (AvgIpc) is 2.56. The lowest BCUT2D eigenvalue weighted by Crippen LogP contribution is -2.44. The highest BCUT2D eigenvalue weighted by Gasteiger charge is 2.35. The summed E-state index contributed by atoms with van der Waals surface area (Å²) in [5.41, 5.74) is 5.89. The van der Waals surface area contributed by atoms with E-state index in [2.05, 4.69) is 0 Å². The summed E-state index contributed by atoms with van der Waals surface area (Å²) < 4.78 is 4.89. The Bertz CT molecular complexity index is 252. The van der Waals surface area contributed by atoms with E-state index in [0.717, 1.165) is 0 Å². The third kappa shape index (κ3) is 2.77. The van der Waals surface area contributed by atoms with Gasteiger partial charge in [0, 0.05) is 0 Å². The van der Waals surface area contributed by atoms with Crippen LogP contribution >= 0.6 is 23.3 Å². The number of rotatable bonds is 3. The first-order valence-electron chi connectivity index (χ1n) is 4.12. The molecule has 0 unspecified atom stereocenters. The predicted octanol–water partition coefficient (Wildman–Crippen LogP) is 1.96. The lowest BCUT2D eigenvalue weighted by molar-refractivity contribution is -0.145. The van der Waals surface area contributed by atoms with Gasteiger partial charge in [-0.3, -0.25) is 0 Å². The first-order chi connectivity index (χ1) is 6.09. The molecule has 3 nitrogen and oxygen atoms in total. The number of nitrogens with two attached hydrogens (primary N) is 1. The highest BCUT2D eigenvalue weighted by Crippen LogP contribution is 2.43. The van der Waals surface area contributed by atoms with Crippen LogP contribution in [0, 0.1) is 0 Å². The highest BCUT2D eigenvalue weighted by atomic mass is 35.5. The summed E-state index contributed by atoms with van der Waals surface area (Å²) >= 11 is 0. The van der Waals surface area contributed by atoms with Crippen LogP contribution in [0.1, 0.15) is 13.8 Å². The summed E-state index contributed by atoms with van der Waals surface area (Å²) in [7, 11) is -0.327. The van der Waals surface area contributed by atoms with E-state index in [1.165, 1.54) is 0 Å². The van der Waals surface area contributed by atoms with E-state index in [1.807, 2.05) is 23.0 Å². The molecule has 1 heterocycles. The van der Waals surface area contributed by atoms with Gasteiger partial charge in [-0.25, -0.2) is 4.79 Å². The summed E-state index contributed by atoms with van der Waals surface area (Å²) in [6.45, 7) is 3.85. The minimum atomic E-state index is -0.917. The number of allylic oxidation sites excluding steroid dienone is 2. The van der Waals surface area contributed by atoms with Gasteiger partial charge in [0.15, 0.2) is 4.87 Å². The Labute approximate surface area is 93.1 Å². The van der Waals surface area contributed by atoms with Crippen molar-refractivity contribution >= 4 is 29.3 Å². The maximum atomic E-state index is 11.4. The number of esters is 1. The SMILES string of the molecule is CCOC(=O)[C@@](C)(N)[S]1C=CC=C1.Cl. The summed E-state index contributed by atoms with van der Waals surface area (Å²) in [6, 6.07) is 0. The fraction of sp³-hybridized carbons (Fsp3) is 0.444. The Balaban J connectivity index is 0.00000169. The van der Waals surface area contributed by atoms with Gasteiger partial charge in [-0.05, 0) is 24.7 Å². The molecule has 5 heteroatoms. The molecule has 0 saturated heterocycles. The molecule has 0 aliphatic carbocycles. The summed E-state index contributed by atoms with van der Waals surface area (Å²) in [6.07, 6.45) is 3.79. The van der Waals surface area contributed by atoms with Gasteiger partial charge in [0.2, 0.25) is 0 Å². The molecule has 0 bridgehead atoms. The molecular weight excluding hydrogens is 222 g/mol. The molecule has 1 aliphatic heterocycles. The molecule has 0 aromatic rings. The van der Waals surface area contributed by atoms with Crippen molar-refractivity contribution in [2.45, 2.75) is 18.7 Å². The largest absolute Gasteiger partial charge is 0.464 e. The topological polar surface area (TPSA) is 52.3 Å². The minimum Gasteiger partial charge on any atom is -0.464 e. The first-order valence-corrected chi connectivity index (χ1v) is 5.47. The van der Waals surface area contributed by atoms with Gasteiger partial charge in [0.1, 0.15) is 0 Å².